The first kappa shape index (κ1) is 14.7. The maximum Gasteiger partial charge on any atom is 0.421 e. The highest BCUT2D eigenvalue weighted by molar-refractivity contribution is 7.88. The van der Waals surface area contributed by atoms with Gasteiger partial charge >= 0.3 is 16.3 Å². The van der Waals surface area contributed by atoms with E-state index < -0.39 is 21.8 Å². The van der Waals surface area contributed by atoms with Crippen LogP contribution >= 0.6 is 0 Å². The second kappa shape index (κ2) is 5.67. The third-order valence-corrected chi connectivity index (χ3v) is 2.96. The Bertz CT molecular complexity index is 387. The highest BCUT2D eigenvalue weighted by Crippen LogP contribution is 2.08. The Morgan fingerprint density at radius 1 is 1.50 bits per heavy atom. The van der Waals surface area contributed by atoms with Gasteiger partial charge in [-0.2, -0.15) is 18.4 Å². The summed E-state index contributed by atoms with van der Waals surface area (Å²) in [6, 6.07) is 1.81. The van der Waals surface area contributed by atoms with Crippen molar-refractivity contribution in [2.75, 3.05) is 6.61 Å². The van der Waals surface area contributed by atoms with E-state index >= 15 is 0 Å². The van der Waals surface area contributed by atoms with Crippen LogP contribution in [0, 0.1) is 11.3 Å². The molecule has 0 aromatic rings. The molecule has 0 aromatic carbocycles. The fourth-order valence-electron chi connectivity index (χ4n) is 0.766. The van der Waals surface area contributed by atoms with Crippen LogP contribution in [0.4, 0.5) is 4.79 Å². The van der Waals surface area contributed by atoms with Crippen LogP contribution in [-0.2, 0) is 14.9 Å². The Labute approximate surface area is 95.0 Å². The van der Waals surface area contributed by atoms with Crippen molar-refractivity contribution in [2.45, 2.75) is 32.7 Å². The van der Waals surface area contributed by atoms with Crippen LogP contribution in [0.15, 0.2) is 0 Å². The number of hydrogen-bond donors (Lipinski definition) is 2. The number of amides is 1. The van der Waals surface area contributed by atoms with Crippen molar-refractivity contribution >= 4 is 16.3 Å². The molecule has 1 amide bonds. The van der Waals surface area contributed by atoms with Gasteiger partial charge in [-0.3, -0.25) is 0 Å². The number of carbonyl (C=O) groups excluding carboxylic acids is 1. The van der Waals surface area contributed by atoms with Crippen LogP contribution < -0.4 is 9.44 Å². The minimum atomic E-state index is -4.08. The fraction of sp³-hybridized carbons (Fsp3) is 0.750. The Hall–Kier alpha value is -1.33. The highest BCUT2D eigenvalue weighted by Gasteiger charge is 2.29. The van der Waals surface area contributed by atoms with Gasteiger partial charge in [0.1, 0.15) is 5.54 Å². The number of rotatable bonds is 5. The molecule has 0 saturated heterocycles. The van der Waals surface area contributed by atoms with E-state index in [-0.39, 0.29) is 13.0 Å². The van der Waals surface area contributed by atoms with Crippen LogP contribution in [0.3, 0.4) is 0 Å². The monoisotopic (exact) mass is 249 g/mol. The van der Waals surface area contributed by atoms with Gasteiger partial charge in [0.15, 0.2) is 0 Å². The Balaban J connectivity index is 4.60. The third-order valence-electron chi connectivity index (χ3n) is 1.81. The van der Waals surface area contributed by atoms with Crippen LogP contribution in [0.5, 0.6) is 0 Å². The van der Waals surface area contributed by atoms with Crippen molar-refractivity contribution in [1.82, 2.24) is 9.44 Å². The van der Waals surface area contributed by atoms with Crippen LogP contribution in [0.2, 0.25) is 0 Å². The lowest BCUT2D eigenvalue weighted by Gasteiger charge is -2.20. The SMILES string of the molecule is CCOC(=O)NS(=O)(=O)NC(C)(C#N)CC. The van der Waals surface area contributed by atoms with E-state index in [0.717, 1.165) is 0 Å². The lowest BCUT2D eigenvalue weighted by Crippen LogP contribution is -2.50. The fourth-order valence-corrected chi connectivity index (χ4v) is 1.88. The van der Waals surface area contributed by atoms with Gasteiger partial charge in [0.2, 0.25) is 0 Å². The van der Waals surface area contributed by atoms with Crippen molar-refractivity contribution in [3.05, 3.63) is 0 Å². The van der Waals surface area contributed by atoms with Crippen LogP contribution in [-0.4, -0.2) is 26.7 Å². The molecule has 7 nitrogen and oxygen atoms in total. The summed E-state index contributed by atoms with van der Waals surface area (Å²) in [4.78, 5) is 10.9. The van der Waals surface area contributed by atoms with E-state index in [4.69, 9.17) is 5.26 Å². The van der Waals surface area contributed by atoms with E-state index in [1.165, 1.54) is 6.92 Å². The minimum Gasteiger partial charge on any atom is -0.449 e. The van der Waals surface area contributed by atoms with Gasteiger partial charge in [-0.25, -0.2) is 9.52 Å². The van der Waals surface area contributed by atoms with E-state index in [1.54, 1.807) is 18.6 Å². The first-order valence-corrected chi connectivity index (χ1v) is 6.16. The molecule has 0 aliphatic carbocycles. The summed E-state index contributed by atoms with van der Waals surface area (Å²) in [5, 5.41) is 8.77. The average molecular weight is 249 g/mol. The van der Waals surface area contributed by atoms with Crippen molar-refractivity contribution < 1.29 is 17.9 Å². The van der Waals surface area contributed by atoms with Gasteiger partial charge < -0.3 is 4.74 Å². The molecule has 1 unspecified atom stereocenters. The predicted octanol–water partition coefficient (Wildman–Crippen LogP) is 0.259. The molecule has 92 valence electrons. The molecular formula is C8H15N3O4S. The van der Waals surface area contributed by atoms with E-state index in [0.29, 0.717) is 0 Å². The van der Waals surface area contributed by atoms with Gasteiger partial charge in [-0.15, -0.1) is 0 Å². The molecule has 0 bridgehead atoms. The molecule has 2 N–H and O–H groups in total. The predicted molar refractivity (Wildman–Crippen MR) is 56.5 cm³/mol. The van der Waals surface area contributed by atoms with Gasteiger partial charge in [0, 0.05) is 0 Å². The van der Waals surface area contributed by atoms with E-state index in [2.05, 4.69) is 9.46 Å². The number of nitrogens with one attached hydrogen (secondary N) is 2. The van der Waals surface area contributed by atoms with Gasteiger partial charge in [0.25, 0.3) is 0 Å². The summed E-state index contributed by atoms with van der Waals surface area (Å²) >= 11 is 0. The Morgan fingerprint density at radius 2 is 2.06 bits per heavy atom. The zero-order valence-corrected chi connectivity index (χ0v) is 10.2. The van der Waals surface area contributed by atoms with Gasteiger partial charge in [-0.05, 0) is 20.3 Å². The number of nitrogens with zero attached hydrogens (tertiary/aromatic N) is 1. The summed E-state index contributed by atoms with van der Waals surface area (Å²) in [7, 11) is -4.08. The normalized spacial score (nSPS) is 14.6. The van der Waals surface area contributed by atoms with Crippen molar-refractivity contribution in [2.24, 2.45) is 0 Å². The molecule has 0 rings (SSSR count). The average Bonchev–Trinajstić information content (AvgIpc) is 2.16. The van der Waals surface area contributed by atoms with Crippen LogP contribution in [0.25, 0.3) is 0 Å². The van der Waals surface area contributed by atoms with E-state index in [9.17, 15) is 13.2 Å². The molecule has 8 heteroatoms. The Kier molecular flexibility index (Phi) is 5.20. The number of carbonyl (C=O) groups is 1. The third kappa shape index (κ3) is 4.95. The lowest BCUT2D eigenvalue weighted by atomic mass is 10.0. The number of nitriles is 1. The summed E-state index contributed by atoms with van der Waals surface area (Å²) in [6.07, 6.45) is -0.806. The maximum atomic E-state index is 11.4. The Morgan fingerprint density at radius 3 is 2.44 bits per heavy atom. The molecule has 0 spiro atoms. The molecule has 0 saturated carbocycles. The molecule has 0 aliphatic rings. The number of ether oxygens (including phenoxy) is 1. The highest BCUT2D eigenvalue weighted by atomic mass is 32.2. The molecule has 0 aromatic heterocycles. The summed E-state index contributed by atoms with van der Waals surface area (Å²) in [5.74, 6) is 0. The van der Waals surface area contributed by atoms with E-state index in [1.807, 2.05) is 6.07 Å². The molecule has 0 heterocycles. The number of hydrogen-bond acceptors (Lipinski definition) is 5. The molecule has 1 atom stereocenters. The molecule has 16 heavy (non-hydrogen) atoms. The largest absolute Gasteiger partial charge is 0.449 e. The van der Waals surface area contributed by atoms with Crippen molar-refractivity contribution in [1.29, 1.82) is 5.26 Å². The van der Waals surface area contributed by atoms with Gasteiger partial charge in [-0.1, -0.05) is 6.92 Å². The standard InChI is InChI=1S/C8H15N3O4S/c1-4-8(3,6-9)11-16(13,14)10-7(12)15-5-2/h11H,4-5H2,1-3H3,(H,10,12). The topological polar surface area (TPSA) is 108 Å². The second-order valence-corrected chi connectivity index (χ2v) is 4.64. The molecule has 0 radical (unpaired) electrons. The first-order chi connectivity index (χ1) is 7.28. The lowest BCUT2D eigenvalue weighted by molar-refractivity contribution is 0.158. The maximum absolute atomic E-state index is 11.4. The van der Waals surface area contributed by atoms with Gasteiger partial charge in [0.05, 0.1) is 12.7 Å². The molecule has 0 aliphatic heterocycles. The molecular weight excluding hydrogens is 234 g/mol. The summed E-state index contributed by atoms with van der Waals surface area (Å²) in [6.45, 7) is 4.67. The summed E-state index contributed by atoms with van der Waals surface area (Å²) < 4.78 is 30.8. The second-order valence-electron chi connectivity index (χ2n) is 3.23. The first-order valence-electron chi connectivity index (χ1n) is 4.68. The quantitative estimate of drug-likeness (QED) is 0.726. The molecule has 0 fully saturated rings. The van der Waals surface area contributed by atoms with Crippen molar-refractivity contribution in [3.8, 4) is 6.07 Å². The van der Waals surface area contributed by atoms with Crippen LogP contribution in [0.1, 0.15) is 27.2 Å². The van der Waals surface area contributed by atoms with Crippen molar-refractivity contribution in [3.63, 3.8) is 0 Å². The smallest absolute Gasteiger partial charge is 0.421 e. The zero-order valence-electron chi connectivity index (χ0n) is 9.40. The zero-order chi connectivity index (χ0) is 12.8. The minimum absolute atomic E-state index is 0.0602. The summed E-state index contributed by atoms with van der Waals surface area (Å²) in [5.41, 5.74) is -1.25.